The highest BCUT2D eigenvalue weighted by Gasteiger charge is 2.44. The SMILES string of the molecule is CCc1ccc(NC(=O)[C@H]2c3ccccc3C(=O)N(CCOC)[C@@H]2c2cccs2)cc1. The zero-order valence-electron chi connectivity index (χ0n) is 17.7. The molecular formula is C25H26N2O3S. The maximum atomic E-state index is 13.6. The molecule has 0 bridgehead atoms. The van der Waals surface area contributed by atoms with Gasteiger partial charge in [-0.05, 0) is 47.2 Å². The van der Waals surface area contributed by atoms with Crippen LogP contribution in [0, 0.1) is 0 Å². The first kappa shape index (κ1) is 21.3. The number of anilines is 1. The lowest BCUT2D eigenvalue weighted by atomic mass is 9.81. The summed E-state index contributed by atoms with van der Waals surface area (Å²) in [4.78, 5) is 29.8. The van der Waals surface area contributed by atoms with Crippen LogP contribution in [-0.2, 0) is 16.0 Å². The number of ether oxygens (including phenoxy) is 1. The number of rotatable bonds is 7. The Morgan fingerprint density at radius 1 is 1.10 bits per heavy atom. The number of amides is 2. The highest BCUT2D eigenvalue weighted by Crippen LogP contribution is 2.44. The van der Waals surface area contributed by atoms with E-state index in [4.69, 9.17) is 4.74 Å². The average Bonchev–Trinajstić information content (AvgIpc) is 3.33. The molecule has 4 rings (SSSR count). The molecule has 0 saturated heterocycles. The second-order valence-electron chi connectivity index (χ2n) is 7.56. The Hall–Kier alpha value is -2.96. The predicted molar refractivity (Wildman–Crippen MR) is 124 cm³/mol. The van der Waals surface area contributed by atoms with Gasteiger partial charge in [0.05, 0.1) is 18.6 Å². The van der Waals surface area contributed by atoms with Crippen molar-refractivity contribution in [2.45, 2.75) is 25.3 Å². The molecular weight excluding hydrogens is 408 g/mol. The van der Waals surface area contributed by atoms with Gasteiger partial charge in [0.15, 0.2) is 0 Å². The lowest BCUT2D eigenvalue weighted by Crippen LogP contribution is -2.47. The molecule has 5 nitrogen and oxygen atoms in total. The number of carbonyl (C=O) groups excluding carboxylic acids is 2. The molecule has 0 radical (unpaired) electrons. The van der Waals surface area contributed by atoms with E-state index in [2.05, 4.69) is 12.2 Å². The van der Waals surface area contributed by atoms with Crippen molar-refractivity contribution in [2.75, 3.05) is 25.6 Å². The Kier molecular flexibility index (Phi) is 6.49. The van der Waals surface area contributed by atoms with Gasteiger partial charge in [0.25, 0.3) is 5.91 Å². The minimum Gasteiger partial charge on any atom is -0.383 e. The summed E-state index contributed by atoms with van der Waals surface area (Å²) in [6.07, 6.45) is 0.946. The Labute approximate surface area is 186 Å². The Bertz CT molecular complexity index is 1050. The molecule has 0 saturated carbocycles. The summed E-state index contributed by atoms with van der Waals surface area (Å²) >= 11 is 1.56. The fraction of sp³-hybridized carbons (Fsp3) is 0.280. The second-order valence-corrected chi connectivity index (χ2v) is 8.54. The average molecular weight is 435 g/mol. The van der Waals surface area contributed by atoms with Crippen molar-refractivity contribution in [2.24, 2.45) is 0 Å². The minimum atomic E-state index is -0.518. The van der Waals surface area contributed by atoms with Crippen LogP contribution >= 0.6 is 11.3 Å². The summed E-state index contributed by atoms with van der Waals surface area (Å²) in [7, 11) is 1.62. The molecule has 160 valence electrons. The topological polar surface area (TPSA) is 58.6 Å². The molecule has 2 atom stereocenters. The summed E-state index contributed by atoms with van der Waals surface area (Å²) in [6, 6.07) is 18.9. The minimum absolute atomic E-state index is 0.0672. The van der Waals surface area contributed by atoms with Crippen molar-refractivity contribution in [1.82, 2.24) is 4.90 Å². The molecule has 1 aromatic heterocycles. The lowest BCUT2D eigenvalue weighted by molar-refractivity contribution is -0.119. The quantitative estimate of drug-likeness (QED) is 0.577. The molecule has 2 amide bonds. The molecule has 1 aliphatic heterocycles. The van der Waals surface area contributed by atoms with Gasteiger partial charge in [0.2, 0.25) is 5.91 Å². The van der Waals surface area contributed by atoms with Gasteiger partial charge in [-0.25, -0.2) is 0 Å². The molecule has 2 aromatic carbocycles. The maximum absolute atomic E-state index is 13.6. The van der Waals surface area contributed by atoms with Gasteiger partial charge in [-0.2, -0.15) is 0 Å². The van der Waals surface area contributed by atoms with Gasteiger partial charge in [-0.15, -0.1) is 11.3 Å². The third kappa shape index (κ3) is 4.27. The van der Waals surface area contributed by atoms with E-state index in [1.54, 1.807) is 29.4 Å². The number of methoxy groups -OCH3 is 1. The van der Waals surface area contributed by atoms with E-state index in [9.17, 15) is 9.59 Å². The second kappa shape index (κ2) is 9.45. The number of aryl methyl sites for hydroxylation is 1. The summed E-state index contributed by atoms with van der Waals surface area (Å²) in [5, 5.41) is 5.06. The van der Waals surface area contributed by atoms with Crippen LogP contribution in [0.2, 0.25) is 0 Å². The van der Waals surface area contributed by atoms with E-state index in [-0.39, 0.29) is 17.9 Å². The predicted octanol–water partition coefficient (Wildman–Crippen LogP) is 4.88. The van der Waals surface area contributed by atoms with Gasteiger partial charge in [0, 0.05) is 29.8 Å². The first-order valence-electron chi connectivity index (χ1n) is 10.5. The maximum Gasteiger partial charge on any atom is 0.254 e. The summed E-state index contributed by atoms with van der Waals surface area (Å²) in [5.41, 5.74) is 3.31. The highest BCUT2D eigenvalue weighted by molar-refractivity contribution is 7.10. The highest BCUT2D eigenvalue weighted by atomic mass is 32.1. The Morgan fingerprint density at radius 3 is 2.55 bits per heavy atom. The number of thiophene rings is 1. The van der Waals surface area contributed by atoms with E-state index >= 15 is 0 Å². The number of hydrogen-bond donors (Lipinski definition) is 1. The molecule has 0 fully saturated rings. The molecule has 1 N–H and O–H groups in total. The summed E-state index contributed by atoms with van der Waals surface area (Å²) in [5.74, 6) is -0.706. The summed E-state index contributed by atoms with van der Waals surface area (Å²) < 4.78 is 5.27. The number of nitrogens with zero attached hydrogens (tertiary/aromatic N) is 1. The van der Waals surface area contributed by atoms with E-state index in [0.29, 0.717) is 18.7 Å². The van der Waals surface area contributed by atoms with Crippen molar-refractivity contribution in [3.8, 4) is 0 Å². The van der Waals surface area contributed by atoms with Crippen molar-refractivity contribution in [3.63, 3.8) is 0 Å². The fourth-order valence-corrected chi connectivity index (χ4v) is 5.00. The first-order chi connectivity index (χ1) is 15.1. The molecule has 1 aliphatic rings. The van der Waals surface area contributed by atoms with Crippen LogP contribution in [0.5, 0.6) is 0 Å². The van der Waals surface area contributed by atoms with Crippen LogP contribution < -0.4 is 5.32 Å². The zero-order chi connectivity index (χ0) is 21.8. The van der Waals surface area contributed by atoms with Crippen molar-refractivity contribution >= 4 is 28.8 Å². The van der Waals surface area contributed by atoms with Gasteiger partial charge in [0.1, 0.15) is 0 Å². The van der Waals surface area contributed by atoms with Crippen LogP contribution in [0.25, 0.3) is 0 Å². The van der Waals surface area contributed by atoms with Gasteiger partial charge in [-0.3, -0.25) is 9.59 Å². The molecule has 3 aromatic rings. The summed E-state index contributed by atoms with van der Waals surface area (Å²) in [6.45, 7) is 2.92. The third-order valence-electron chi connectivity index (χ3n) is 5.72. The molecule has 31 heavy (non-hydrogen) atoms. The van der Waals surface area contributed by atoms with E-state index in [1.807, 2.05) is 60.0 Å². The van der Waals surface area contributed by atoms with Crippen LogP contribution in [-0.4, -0.2) is 37.0 Å². The molecule has 0 spiro atoms. The van der Waals surface area contributed by atoms with Gasteiger partial charge >= 0.3 is 0 Å². The van der Waals surface area contributed by atoms with Crippen LogP contribution in [0.15, 0.2) is 66.0 Å². The fourth-order valence-electron chi connectivity index (χ4n) is 4.13. The first-order valence-corrected chi connectivity index (χ1v) is 11.3. The van der Waals surface area contributed by atoms with Gasteiger partial charge < -0.3 is 15.0 Å². The zero-order valence-corrected chi connectivity index (χ0v) is 18.5. The molecule has 0 unspecified atom stereocenters. The molecule has 2 heterocycles. The van der Waals surface area contributed by atoms with E-state index in [1.165, 1.54) is 5.56 Å². The van der Waals surface area contributed by atoms with E-state index in [0.717, 1.165) is 22.5 Å². The normalized spacial score (nSPS) is 18.0. The van der Waals surface area contributed by atoms with Crippen molar-refractivity contribution in [3.05, 3.63) is 87.6 Å². The van der Waals surface area contributed by atoms with Crippen LogP contribution in [0.3, 0.4) is 0 Å². The Morgan fingerprint density at radius 2 is 1.87 bits per heavy atom. The number of benzene rings is 2. The van der Waals surface area contributed by atoms with Crippen molar-refractivity contribution in [1.29, 1.82) is 0 Å². The van der Waals surface area contributed by atoms with Crippen LogP contribution in [0.1, 0.15) is 45.2 Å². The largest absolute Gasteiger partial charge is 0.383 e. The third-order valence-corrected chi connectivity index (χ3v) is 6.66. The smallest absolute Gasteiger partial charge is 0.254 e. The van der Waals surface area contributed by atoms with E-state index < -0.39 is 5.92 Å². The monoisotopic (exact) mass is 434 g/mol. The number of carbonyl (C=O) groups is 2. The standard InChI is InChI=1S/C25H26N2O3S/c1-3-17-10-12-18(13-11-17)26-24(28)22-19-7-4-5-8-20(19)25(29)27(14-15-30-2)23(22)21-9-6-16-31-21/h4-13,16,22-23H,3,14-15H2,1-2H3,(H,26,28)/t22-,23+/m0/s1. The Balaban J connectivity index is 1.76. The number of nitrogens with one attached hydrogen (secondary N) is 1. The molecule has 6 heteroatoms. The lowest BCUT2D eigenvalue weighted by Gasteiger charge is -2.41. The van der Waals surface area contributed by atoms with Gasteiger partial charge in [-0.1, -0.05) is 43.3 Å². The number of fused-ring (bicyclic) bond motifs is 1. The van der Waals surface area contributed by atoms with Crippen LogP contribution in [0.4, 0.5) is 5.69 Å². The van der Waals surface area contributed by atoms with Crippen molar-refractivity contribution < 1.29 is 14.3 Å². The molecule has 0 aliphatic carbocycles. The number of hydrogen-bond acceptors (Lipinski definition) is 4.